The Hall–Kier alpha value is -3.27. The maximum atomic E-state index is 13.9. The van der Waals surface area contributed by atoms with Crippen molar-refractivity contribution in [2.24, 2.45) is 5.92 Å². The summed E-state index contributed by atoms with van der Waals surface area (Å²) in [4.78, 5) is 28.4. The summed E-state index contributed by atoms with van der Waals surface area (Å²) in [6, 6.07) is 20.2. The van der Waals surface area contributed by atoms with Crippen molar-refractivity contribution in [2.75, 3.05) is 23.7 Å². The molecular formula is C31H37Cl2N3O5S. The van der Waals surface area contributed by atoms with Gasteiger partial charge in [0.25, 0.3) is 0 Å². The Balaban J connectivity index is 1.87. The number of carbonyl (C=O) groups is 2. The first-order chi connectivity index (χ1) is 19.9. The topological polar surface area (TPSA) is 96.0 Å². The van der Waals surface area contributed by atoms with Crippen molar-refractivity contribution in [3.05, 3.63) is 94.0 Å². The van der Waals surface area contributed by atoms with Crippen LogP contribution in [-0.2, 0) is 32.8 Å². The molecule has 0 bridgehead atoms. The van der Waals surface area contributed by atoms with Gasteiger partial charge in [-0.2, -0.15) is 0 Å². The van der Waals surface area contributed by atoms with Crippen molar-refractivity contribution >= 4 is 50.7 Å². The van der Waals surface area contributed by atoms with Crippen LogP contribution in [0.15, 0.2) is 72.8 Å². The summed E-state index contributed by atoms with van der Waals surface area (Å²) in [5, 5.41) is 3.66. The van der Waals surface area contributed by atoms with E-state index in [0.29, 0.717) is 46.6 Å². The summed E-state index contributed by atoms with van der Waals surface area (Å²) in [6.45, 7) is 6.01. The van der Waals surface area contributed by atoms with Gasteiger partial charge >= 0.3 is 0 Å². The molecule has 0 saturated heterocycles. The molecule has 226 valence electrons. The van der Waals surface area contributed by atoms with E-state index < -0.39 is 28.5 Å². The molecule has 8 nitrogen and oxygen atoms in total. The fourth-order valence-electron chi connectivity index (χ4n) is 4.24. The molecular weight excluding hydrogens is 597 g/mol. The van der Waals surface area contributed by atoms with Crippen molar-refractivity contribution < 1.29 is 22.7 Å². The first kappa shape index (κ1) is 33.2. The Morgan fingerprint density at radius 1 is 0.976 bits per heavy atom. The summed E-state index contributed by atoms with van der Waals surface area (Å²) in [5.74, 6) is -0.117. The number of halogens is 2. The SMILES string of the molecule is CC[C@@H](C(=O)NCC(C)C)N(Cc1ccc(Cl)cc1Cl)C(=O)CN(c1ccc(OCc2ccccc2)cc1)S(C)(=O)=O. The average molecular weight is 635 g/mol. The van der Waals surface area contributed by atoms with Gasteiger partial charge in [-0.3, -0.25) is 13.9 Å². The molecule has 3 aromatic rings. The summed E-state index contributed by atoms with van der Waals surface area (Å²) >= 11 is 12.5. The van der Waals surface area contributed by atoms with Gasteiger partial charge in [0.1, 0.15) is 24.9 Å². The minimum Gasteiger partial charge on any atom is -0.489 e. The molecule has 2 amide bonds. The molecule has 1 atom stereocenters. The summed E-state index contributed by atoms with van der Waals surface area (Å²) in [7, 11) is -3.87. The predicted octanol–water partition coefficient (Wildman–Crippen LogP) is 5.92. The highest BCUT2D eigenvalue weighted by Gasteiger charge is 2.32. The standard InChI is InChI=1S/C31H37Cl2N3O5S/c1-5-29(31(38)34-18-22(2)3)35(19-24-11-12-25(32)17-28(24)33)30(37)20-36(42(4,39)40)26-13-15-27(16-14-26)41-21-23-9-7-6-8-10-23/h6-17,22,29H,5,18-21H2,1-4H3,(H,34,38)/t29-/m0/s1. The number of hydrogen-bond donors (Lipinski definition) is 1. The smallest absolute Gasteiger partial charge is 0.244 e. The molecule has 0 radical (unpaired) electrons. The highest BCUT2D eigenvalue weighted by Crippen LogP contribution is 2.26. The van der Waals surface area contributed by atoms with Gasteiger partial charge in [-0.25, -0.2) is 8.42 Å². The Morgan fingerprint density at radius 3 is 2.21 bits per heavy atom. The van der Waals surface area contributed by atoms with Gasteiger partial charge < -0.3 is 15.0 Å². The number of ether oxygens (including phenoxy) is 1. The van der Waals surface area contributed by atoms with Crippen molar-refractivity contribution in [3.8, 4) is 5.75 Å². The zero-order chi connectivity index (χ0) is 30.9. The number of nitrogens with zero attached hydrogens (tertiary/aromatic N) is 2. The van der Waals surface area contributed by atoms with E-state index in [-0.39, 0.29) is 18.4 Å². The normalized spacial score (nSPS) is 12.1. The van der Waals surface area contributed by atoms with Crippen LogP contribution in [0.2, 0.25) is 10.0 Å². The number of sulfonamides is 1. The molecule has 0 spiro atoms. The average Bonchev–Trinajstić information content (AvgIpc) is 2.95. The third kappa shape index (κ3) is 9.64. The quantitative estimate of drug-likeness (QED) is 0.238. The third-order valence-electron chi connectivity index (χ3n) is 6.48. The predicted molar refractivity (Wildman–Crippen MR) is 168 cm³/mol. The number of benzene rings is 3. The minimum atomic E-state index is -3.87. The van der Waals surface area contributed by atoms with Crippen LogP contribution in [-0.4, -0.2) is 50.5 Å². The Bertz CT molecular complexity index is 1450. The van der Waals surface area contributed by atoms with Gasteiger partial charge in [-0.15, -0.1) is 0 Å². The van der Waals surface area contributed by atoms with E-state index in [1.807, 2.05) is 44.2 Å². The van der Waals surface area contributed by atoms with Gasteiger partial charge in [0.05, 0.1) is 11.9 Å². The van der Waals surface area contributed by atoms with Gasteiger partial charge in [-0.05, 0) is 59.9 Å². The molecule has 0 unspecified atom stereocenters. The molecule has 11 heteroatoms. The second kappa shape index (κ2) is 15.3. The second-order valence-electron chi connectivity index (χ2n) is 10.4. The Kier molecular flexibility index (Phi) is 12.1. The van der Waals surface area contributed by atoms with Crippen molar-refractivity contribution in [1.29, 1.82) is 0 Å². The van der Waals surface area contributed by atoms with E-state index in [0.717, 1.165) is 16.1 Å². The van der Waals surface area contributed by atoms with Crippen molar-refractivity contribution in [2.45, 2.75) is 46.4 Å². The van der Waals surface area contributed by atoms with Crippen LogP contribution in [0.4, 0.5) is 5.69 Å². The largest absolute Gasteiger partial charge is 0.489 e. The number of nitrogens with one attached hydrogen (secondary N) is 1. The van der Waals surface area contributed by atoms with Gasteiger partial charge in [-0.1, -0.05) is 80.4 Å². The monoisotopic (exact) mass is 633 g/mol. The zero-order valence-electron chi connectivity index (χ0n) is 24.2. The molecule has 0 heterocycles. The number of amides is 2. The van der Waals surface area contributed by atoms with Crippen LogP contribution in [0.5, 0.6) is 5.75 Å². The highest BCUT2D eigenvalue weighted by molar-refractivity contribution is 7.92. The molecule has 0 aromatic heterocycles. The van der Waals surface area contributed by atoms with Gasteiger partial charge in [0.15, 0.2) is 0 Å². The fourth-order valence-corrected chi connectivity index (χ4v) is 5.56. The third-order valence-corrected chi connectivity index (χ3v) is 8.21. The molecule has 3 aromatic carbocycles. The maximum Gasteiger partial charge on any atom is 0.244 e. The molecule has 0 saturated carbocycles. The summed E-state index contributed by atoms with van der Waals surface area (Å²) < 4.78 is 32.6. The molecule has 1 N–H and O–H groups in total. The van der Waals surface area contributed by atoms with E-state index >= 15 is 0 Å². The first-order valence-corrected chi connectivity index (χ1v) is 16.2. The molecule has 0 aliphatic heterocycles. The molecule has 42 heavy (non-hydrogen) atoms. The lowest BCUT2D eigenvalue weighted by Gasteiger charge is -2.33. The Morgan fingerprint density at radius 2 is 1.64 bits per heavy atom. The Labute approximate surface area is 258 Å². The number of carbonyl (C=O) groups excluding carboxylic acids is 2. The number of anilines is 1. The van der Waals surface area contributed by atoms with E-state index in [1.54, 1.807) is 49.4 Å². The zero-order valence-corrected chi connectivity index (χ0v) is 26.5. The summed E-state index contributed by atoms with van der Waals surface area (Å²) in [6.07, 6.45) is 1.35. The van der Waals surface area contributed by atoms with Crippen LogP contribution in [0, 0.1) is 5.92 Å². The van der Waals surface area contributed by atoms with Gasteiger partial charge in [0.2, 0.25) is 21.8 Å². The molecule has 0 aliphatic rings. The highest BCUT2D eigenvalue weighted by atomic mass is 35.5. The van der Waals surface area contributed by atoms with Crippen LogP contribution < -0.4 is 14.4 Å². The van der Waals surface area contributed by atoms with E-state index in [2.05, 4.69) is 5.32 Å². The van der Waals surface area contributed by atoms with Crippen LogP contribution in [0.25, 0.3) is 0 Å². The fraction of sp³-hybridized carbons (Fsp3) is 0.355. The van der Waals surface area contributed by atoms with Crippen LogP contribution in [0.1, 0.15) is 38.3 Å². The van der Waals surface area contributed by atoms with Crippen LogP contribution in [0.3, 0.4) is 0 Å². The maximum absolute atomic E-state index is 13.9. The molecule has 0 fully saturated rings. The van der Waals surface area contributed by atoms with Gasteiger partial charge in [0, 0.05) is 23.1 Å². The van der Waals surface area contributed by atoms with Crippen molar-refractivity contribution in [1.82, 2.24) is 10.2 Å². The number of hydrogen-bond acceptors (Lipinski definition) is 5. The lowest BCUT2D eigenvalue weighted by Crippen LogP contribution is -2.52. The van der Waals surface area contributed by atoms with Crippen molar-refractivity contribution in [3.63, 3.8) is 0 Å². The second-order valence-corrected chi connectivity index (χ2v) is 13.1. The van der Waals surface area contributed by atoms with Crippen LogP contribution >= 0.6 is 23.2 Å². The number of rotatable bonds is 14. The van der Waals surface area contributed by atoms with E-state index in [4.69, 9.17) is 27.9 Å². The van der Waals surface area contributed by atoms with E-state index in [9.17, 15) is 18.0 Å². The van der Waals surface area contributed by atoms with E-state index in [1.165, 1.54) is 4.90 Å². The lowest BCUT2D eigenvalue weighted by atomic mass is 10.1. The first-order valence-electron chi connectivity index (χ1n) is 13.6. The minimum absolute atomic E-state index is 0.00763. The molecule has 0 aliphatic carbocycles. The molecule has 3 rings (SSSR count). The summed E-state index contributed by atoms with van der Waals surface area (Å²) in [5.41, 5.74) is 1.86. The lowest BCUT2D eigenvalue weighted by molar-refractivity contribution is -0.140.